The van der Waals surface area contributed by atoms with Crippen LogP contribution in [0.1, 0.15) is 61.0 Å². The summed E-state index contributed by atoms with van der Waals surface area (Å²) in [5, 5.41) is 14.9. The third-order valence-corrected chi connectivity index (χ3v) is 6.30. The van der Waals surface area contributed by atoms with Gasteiger partial charge in [0.05, 0.1) is 12.1 Å². The molecule has 0 saturated carbocycles. The van der Waals surface area contributed by atoms with Crippen molar-refractivity contribution in [2.45, 2.75) is 78.9 Å². The van der Waals surface area contributed by atoms with Crippen molar-refractivity contribution in [3.63, 3.8) is 0 Å². The van der Waals surface area contributed by atoms with E-state index in [4.69, 9.17) is 5.21 Å². The third kappa shape index (κ3) is 8.18. The van der Waals surface area contributed by atoms with Crippen LogP contribution in [0, 0.1) is 11.3 Å². The van der Waals surface area contributed by atoms with Crippen molar-refractivity contribution in [2.75, 3.05) is 14.1 Å². The SMILES string of the molecule is C/C(=C\C(NC(=O)[C@@H](NC(=O)[C@@H](N(C)C)C(C)(C)c1ccccc1)C(C)(C)C)C(C)C)C(=O)NO. The van der Waals surface area contributed by atoms with Crippen LogP contribution in [0.3, 0.4) is 0 Å². The highest BCUT2D eigenvalue weighted by atomic mass is 16.5. The summed E-state index contributed by atoms with van der Waals surface area (Å²) in [7, 11) is 3.71. The molecule has 1 aromatic carbocycles. The molecule has 3 atom stereocenters. The van der Waals surface area contributed by atoms with Crippen molar-refractivity contribution in [1.82, 2.24) is 21.0 Å². The van der Waals surface area contributed by atoms with Gasteiger partial charge in [0.2, 0.25) is 11.8 Å². The first-order chi connectivity index (χ1) is 16.0. The van der Waals surface area contributed by atoms with Gasteiger partial charge in [0.1, 0.15) is 6.04 Å². The molecule has 35 heavy (non-hydrogen) atoms. The van der Waals surface area contributed by atoms with E-state index >= 15 is 0 Å². The maximum atomic E-state index is 13.7. The van der Waals surface area contributed by atoms with Crippen molar-refractivity contribution in [3.05, 3.63) is 47.5 Å². The predicted molar refractivity (Wildman–Crippen MR) is 139 cm³/mol. The molecule has 4 N–H and O–H groups in total. The molecule has 196 valence electrons. The second kappa shape index (κ2) is 12.3. The molecular formula is C27H44N4O4. The molecule has 0 bridgehead atoms. The normalized spacial score (nSPS) is 15.4. The molecule has 0 radical (unpaired) electrons. The number of nitrogens with zero attached hydrogens (tertiary/aromatic N) is 1. The molecule has 0 aliphatic heterocycles. The summed E-state index contributed by atoms with van der Waals surface area (Å²) in [5.41, 5.74) is 1.81. The molecule has 8 heteroatoms. The van der Waals surface area contributed by atoms with Crippen molar-refractivity contribution in [3.8, 4) is 0 Å². The van der Waals surface area contributed by atoms with Crippen molar-refractivity contribution >= 4 is 17.7 Å². The van der Waals surface area contributed by atoms with Crippen LogP contribution >= 0.6 is 0 Å². The Balaban J connectivity index is 3.26. The lowest BCUT2D eigenvalue weighted by molar-refractivity contribution is -0.135. The summed E-state index contributed by atoms with van der Waals surface area (Å²) in [5.74, 6) is -1.25. The lowest BCUT2D eigenvalue weighted by Gasteiger charge is -2.40. The monoisotopic (exact) mass is 488 g/mol. The zero-order chi connectivity index (χ0) is 27.1. The highest BCUT2D eigenvalue weighted by molar-refractivity contribution is 5.93. The number of hydroxylamine groups is 1. The van der Waals surface area contributed by atoms with E-state index in [1.165, 1.54) is 0 Å². The van der Waals surface area contributed by atoms with Crippen LogP contribution in [0.15, 0.2) is 42.0 Å². The smallest absolute Gasteiger partial charge is 0.270 e. The molecular weight excluding hydrogens is 444 g/mol. The van der Waals surface area contributed by atoms with Crippen LogP contribution in [0.2, 0.25) is 0 Å². The average molecular weight is 489 g/mol. The summed E-state index contributed by atoms with van der Waals surface area (Å²) in [6, 6.07) is 8.04. The van der Waals surface area contributed by atoms with Crippen LogP contribution in [-0.4, -0.2) is 60.0 Å². The van der Waals surface area contributed by atoms with E-state index in [2.05, 4.69) is 10.6 Å². The van der Waals surface area contributed by atoms with Crippen LogP contribution < -0.4 is 16.1 Å². The lowest BCUT2D eigenvalue weighted by Crippen LogP contribution is -2.61. The van der Waals surface area contributed by atoms with E-state index in [-0.39, 0.29) is 23.3 Å². The average Bonchev–Trinajstić information content (AvgIpc) is 2.75. The van der Waals surface area contributed by atoms with E-state index in [0.717, 1.165) is 5.56 Å². The van der Waals surface area contributed by atoms with Gasteiger partial charge in [0, 0.05) is 11.0 Å². The molecule has 0 saturated heterocycles. The Bertz CT molecular complexity index is 902. The number of hydrogen-bond acceptors (Lipinski definition) is 5. The van der Waals surface area contributed by atoms with E-state index < -0.39 is 34.9 Å². The summed E-state index contributed by atoms with van der Waals surface area (Å²) < 4.78 is 0. The highest BCUT2D eigenvalue weighted by Gasteiger charge is 2.42. The van der Waals surface area contributed by atoms with Crippen molar-refractivity contribution in [2.24, 2.45) is 11.3 Å². The zero-order valence-corrected chi connectivity index (χ0v) is 22.9. The van der Waals surface area contributed by atoms with Crippen LogP contribution in [0.5, 0.6) is 0 Å². The number of rotatable bonds is 10. The van der Waals surface area contributed by atoms with Crippen molar-refractivity contribution < 1.29 is 19.6 Å². The van der Waals surface area contributed by atoms with Crippen LogP contribution in [0.4, 0.5) is 0 Å². The third-order valence-electron chi connectivity index (χ3n) is 6.30. The Hall–Kier alpha value is -2.71. The molecule has 0 spiro atoms. The van der Waals surface area contributed by atoms with Gasteiger partial charge in [0.15, 0.2) is 0 Å². The number of hydrogen-bond donors (Lipinski definition) is 4. The van der Waals surface area contributed by atoms with E-state index in [1.807, 2.05) is 97.8 Å². The maximum absolute atomic E-state index is 13.7. The Morgan fingerprint density at radius 3 is 1.91 bits per heavy atom. The second-order valence-corrected chi connectivity index (χ2v) is 11.3. The fourth-order valence-corrected chi connectivity index (χ4v) is 4.21. The number of benzene rings is 1. The fraction of sp³-hybridized carbons (Fsp3) is 0.593. The van der Waals surface area contributed by atoms with Gasteiger partial charge in [-0.3, -0.25) is 24.5 Å². The molecule has 0 aliphatic carbocycles. The first-order valence-corrected chi connectivity index (χ1v) is 12.0. The summed E-state index contributed by atoms with van der Waals surface area (Å²) >= 11 is 0. The van der Waals surface area contributed by atoms with E-state index in [0.29, 0.717) is 0 Å². The molecule has 1 aromatic rings. The zero-order valence-electron chi connectivity index (χ0n) is 22.9. The number of likely N-dealkylation sites (N-methyl/N-ethyl adjacent to an activating group) is 1. The first kappa shape index (κ1) is 30.3. The van der Waals surface area contributed by atoms with Gasteiger partial charge in [-0.15, -0.1) is 0 Å². The minimum atomic E-state index is -0.814. The predicted octanol–water partition coefficient (Wildman–Crippen LogP) is 3.02. The lowest BCUT2D eigenvalue weighted by atomic mass is 9.76. The van der Waals surface area contributed by atoms with E-state index in [9.17, 15) is 14.4 Å². The van der Waals surface area contributed by atoms with Gasteiger partial charge in [-0.1, -0.05) is 84.9 Å². The number of amides is 3. The van der Waals surface area contributed by atoms with Gasteiger partial charge in [0.25, 0.3) is 5.91 Å². The Kier molecular flexibility index (Phi) is 10.7. The standard InChI is InChI=1S/C27H44N4O4/c1-17(2)20(16-18(3)23(32)30-35)28-24(33)21(26(4,5)6)29-25(34)22(31(9)10)27(7,8)19-14-12-11-13-15-19/h11-17,20-22,35H,1-10H3,(H,28,33)(H,29,34)(H,30,32)/b18-16+/t20?,21-,22-/m1/s1. The fourth-order valence-electron chi connectivity index (χ4n) is 4.21. The molecule has 0 heterocycles. The topological polar surface area (TPSA) is 111 Å². The second-order valence-electron chi connectivity index (χ2n) is 11.3. The molecule has 1 unspecified atom stereocenters. The van der Waals surface area contributed by atoms with Gasteiger partial charge >= 0.3 is 0 Å². The maximum Gasteiger partial charge on any atom is 0.270 e. The summed E-state index contributed by atoms with van der Waals surface area (Å²) in [6.07, 6.45) is 1.61. The largest absolute Gasteiger partial charge is 0.348 e. The molecule has 3 amide bonds. The summed E-state index contributed by atoms with van der Waals surface area (Å²) in [4.78, 5) is 40.7. The number of nitrogens with one attached hydrogen (secondary N) is 3. The van der Waals surface area contributed by atoms with Crippen LogP contribution in [-0.2, 0) is 19.8 Å². The Morgan fingerprint density at radius 2 is 1.49 bits per heavy atom. The first-order valence-electron chi connectivity index (χ1n) is 12.0. The minimum absolute atomic E-state index is 0.0248. The van der Waals surface area contributed by atoms with Gasteiger partial charge in [-0.2, -0.15) is 0 Å². The van der Waals surface area contributed by atoms with Crippen LogP contribution in [0.25, 0.3) is 0 Å². The summed E-state index contributed by atoms with van der Waals surface area (Å²) in [6.45, 7) is 15.1. The Labute approximate surface area is 210 Å². The minimum Gasteiger partial charge on any atom is -0.348 e. The van der Waals surface area contributed by atoms with Crippen molar-refractivity contribution in [1.29, 1.82) is 0 Å². The molecule has 0 fully saturated rings. The molecule has 1 rings (SSSR count). The molecule has 0 aromatic heterocycles. The number of carbonyl (C=O) groups excluding carboxylic acids is 3. The van der Waals surface area contributed by atoms with Gasteiger partial charge < -0.3 is 10.6 Å². The van der Waals surface area contributed by atoms with Gasteiger partial charge in [-0.05, 0) is 37.9 Å². The number of carbonyl (C=O) groups is 3. The quantitative estimate of drug-likeness (QED) is 0.230. The molecule has 0 aliphatic rings. The Morgan fingerprint density at radius 1 is 0.943 bits per heavy atom. The van der Waals surface area contributed by atoms with Gasteiger partial charge in [-0.25, -0.2) is 5.48 Å². The van der Waals surface area contributed by atoms with E-state index in [1.54, 1.807) is 18.5 Å². The molecule has 8 nitrogen and oxygen atoms in total. The highest BCUT2D eigenvalue weighted by Crippen LogP contribution is 2.30.